The van der Waals surface area contributed by atoms with Gasteiger partial charge in [0.25, 0.3) is 0 Å². The van der Waals surface area contributed by atoms with Gasteiger partial charge in [0.05, 0.1) is 11.4 Å². The summed E-state index contributed by atoms with van der Waals surface area (Å²) in [6, 6.07) is 33.4. The molecule has 0 spiro atoms. The van der Waals surface area contributed by atoms with E-state index in [2.05, 4.69) is 41.0 Å². The van der Waals surface area contributed by atoms with Gasteiger partial charge in [-0.1, -0.05) is 84.9 Å². The first-order chi connectivity index (χ1) is 23.4. The van der Waals surface area contributed by atoms with Crippen molar-refractivity contribution in [1.82, 2.24) is 30.8 Å². The molecule has 0 radical (unpaired) electrons. The minimum Gasteiger partial charge on any atom is -0.451 e. The topological polar surface area (TPSA) is 163 Å². The van der Waals surface area contributed by atoms with Gasteiger partial charge in [0.1, 0.15) is 11.2 Å². The first-order valence-corrected chi connectivity index (χ1v) is 14.9. The van der Waals surface area contributed by atoms with Crippen molar-refractivity contribution in [2.45, 2.75) is 13.8 Å². The van der Waals surface area contributed by atoms with Crippen molar-refractivity contribution in [3.05, 3.63) is 132 Å². The van der Waals surface area contributed by atoms with Crippen molar-refractivity contribution >= 4 is 67.2 Å². The van der Waals surface area contributed by atoms with Crippen LogP contribution in [-0.2, 0) is 16.5 Å². The average Bonchev–Trinajstić information content (AvgIpc) is 3.93. The first kappa shape index (κ1) is 32.6. The molecule has 0 saturated carbocycles. The molecule has 0 unspecified atom stereocenters. The molecule has 0 aliphatic heterocycles. The molecule has 0 fully saturated rings. The zero-order valence-electron chi connectivity index (χ0n) is 26.0. The van der Waals surface area contributed by atoms with Gasteiger partial charge in [-0.2, -0.15) is 10.2 Å². The van der Waals surface area contributed by atoms with E-state index in [1.807, 2.05) is 97.1 Å². The smallest absolute Gasteiger partial charge is 0.451 e. The van der Waals surface area contributed by atoms with E-state index in [0.29, 0.717) is 34.2 Å². The molecule has 49 heavy (non-hydrogen) atoms. The van der Waals surface area contributed by atoms with E-state index in [9.17, 15) is 9.59 Å². The van der Waals surface area contributed by atoms with Crippen LogP contribution in [0.3, 0.4) is 0 Å². The molecule has 13 heteroatoms. The molecule has 0 atom stereocenters. The van der Waals surface area contributed by atoms with Gasteiger partial charge in [-0.3, -0.25) is 9.59 Å². The molecule has 4 aromatic carbocycles. The molecule has 0 saturated heterocycles. The molecule has 0 bridgehead atoms. The monoisotopic (exact) mass is 692 g/mol. The number of carbonyl (C=O) groups is 2. The zero-order valence-corrected chi connectivity index (χ0v) is 27.0. The van der Waals surface area contributed by atoms with Crippen molar-refractivity contribution in [3.63, 3.8) is 0 Å². The second-order valence-electron chi connectivity index (χ2n) is 10.6. The molecular formula is C36H26N8NiO4. The fraction of sp³-hybridized carbons (Fsp3) is 0.0556. The van der Waals surface area contributed by atoms with E-state index in [4.69, 9.17) is 8.83 Å². The molecule has 4 heterocycles. The molecule has 244 valence electrons. The number of furan rings is 2. The quantitative estimate of drug-likeness (QED) is 0.119. The maximum Gasteiger partial charge on any atom is 2.00 e. The van der Waals surface area contributed by atoms with E-state index in [1.165, 1.54) is 0 Å². The van der Waals surface area contributed by atoms with Gasteiger partial charge in [-0.25, -0.2) is 10.9 Å². The number of nitrogens with zero attached hydrogens (tertiary/aromatic N) is 6. The fourth-order valence-electron chi connectivity index (χ4n) is 4.80. The number of hydrogen-bond donors (Lipinski definition) is 2. The molecule has 0 aliphatic carbocycles. The number of fused-ring (bicyclic) bond motifs is 4. The predicted molar refractivity (Wildman–Crippen MR) is 182 cm³/mol. The molecule has 0 aliphatic rings. The number of nitrogens with one attached hydrogen (secondary N) is 2. The van der Waals surface area contributed by atoms with Crippen molar-refractivity contribution in [2.24, 2.45) is 10.2 Å². The number of imidazole rings is 2. The minimum absolute atomic E-state index is 0. The molecule has 8 rings (SSSR count). The summed E-state index contributed by atoms with van der Waals surface area (Å²) in [6.45, 7) is 3.49. The fourth-order valence-corrected chi connectivity index (χ4v) is 4.80. The molecule has 2 amide bonds. The third-order valence-electron chi connectivity index (χ3n) is 7.27. The summed E-state index contributed by atoms with van der Waals surface area (Å²) < 4.78 is 11.0. The largest absolute Gasteiger partial charge is 2.00 e. The van der Waals surface area contributed by atoms with Crippen LogP contribution in [0.25, 0.3) is 44.0 Å². The number of aromatic nitrogens is 4. The Morgan fingerprint density at radius 3 is 1.39 bits per heavy atom. The third-order valence-corrected chi connectivity index (χ3v) is 7.27. The Labute approximate surface area is 288 Å². The van der Waals surface area contributed by atoms with E-state index < -0.39 is 11.8 Å². The normalized spacial score (nSPS) is 11.7. The second kappa shape index (κ2) is 14.2. The minimum atomic E-state index is -0.415. The first-order valence-electron chi connectivity index (χ1n) is 14.9. The number of hydrogen-bond acceptors (Lipinski definition) is 8. The Balaban J connectivity index is 0.000000167. The number of carbonyl (C=O) groups excluding carboxylic acids is 2. The standard InChI is InChI=1S/2C18H14N4O2.Ni/c2*1-11(17-19-13-7-3-4-8-14(13)20-17)21-22-18(23)16-10-12-6-2-5-9-15(12)24-16;/h2*2-10H,1H3,(H2,19,20,21,22,23);/q;;+2/p-2. The molecular weight excluding hydrogens is 667 g/mol. The van der Waals surface area contributed by atoms with Crippen LogP contribution >= 0.6 is 0 Å². The summed E-state index contributed by atoms with van der Waals surface area (Å²) in [5.41, 5.74) is 10.5. The second-order valence-corrected chi connectivity index (χ2v) is 10.6. The van der Waals surface area contributed by atoms with Crippen LogP contribution in [0.1, 0.15) is 46.6 Å². The summed E-state index contributed by atoms with van der Waals surface area (Å²) in [4.78, 5) is 41.9. The Kier molecular flexibility index (Phi) is 9.45. The summed E-state index contributed by atoms with van der Waals surface area (Å²) in [5.74, 6) is 0.563. The van der Waals surface area contributed by atoms with E-state index >= 15 is 0 Å². The number of benzene rings is 4. The van der Waals surface area contributed by atoms with Gasteiger partial charge >= 0.3 is 28.3 Å². The Bertz CT molecular complexity index is 2200. The van der Waals surface area contributed by atoms with Crippen LogP contribution in [0.2, 0.25) is 0 Å². The molecule has 2 N–H and O–H groups in total. The SMILES string of the molecule is C/C(=N\NC(=O)c1cc2ccccc2o1)c1nc2ccccc2[n-]1.C/C(=N\NC(=O)c1cc2ccccc2o1)c1nc2ccccc2[n-]1.[Ni+2]. The van der Waals surface area contributed by atoms with Gasteiger partial charge in [0.15, 0.2) is 11.5 Å². The average molecular weight is 693 g/mol. The number of para-hydroxylation sites is 6. The Morgan fingerprint density at radius 2 is 0.980 bits per heavy atom. The van der Waals surface area contributed by atoms with Crippen LogP contribution in [0.5, 0.6) is 0 Å². The van der Waals surface area contributed by atoms with Crippen LogP contribution in [0, 0.1) is 0 Å². The van der Waals surface area contributed by atoms with Gasteiger partial charge in [-0.15, -0.1) is 0 Å². The van der Waals surface area contributed by atoms with Crippen LogP contribution < -0.4 is 20.8 Å². The molecule has 8 aromatic rings. The Hall–Kier alpha value is -6.33. The summed E-state index contributed by atoms with van der Waals surface area (Å²) in [5, 5.41) is 9.88. The summed E-state index contributed by atoms with van der Waals surface area (Å²) in [6.07, 6.45) is 0. The van der Waals surface area contributed by atoms with Crippen LogP contribution in [0.4, 0.5) is 0 Å². The molecule has 12 nitrogen and oxygen atoms in total. The van der Waals surface area contributed by atoms with Crippen molar-refractivity contribution in [1.29, 1.82) is 0 Å². The van der Waals surface area contributed by atoms with E-state index in [-0.39, 0.29) is 28.0 Å². The predicted octanol–water partition coefficient (Wildman–Crippen LogP) is 6.18. The number of hydrazone groups is 2. The van der Waals surface area contributed by atoms with Gasteiger partial charge in [0.2, 0.25) is 0 Å². The van der Waals surface area contributed by atoms with E-state index in [1.54, 1.807) is 26.0 Å². The van der Waals surface area contributed by atoms with Crippen LogP contribution in [0.15, 0.2) is 128 Å². The summed E-state index contributed by atoms with van der Waals surface area (Å²) in [7, 11) is 0. The van der Waals surface area contributed by atoms with Gasteiger partial charge < -0.3 is 28.8 Å². The number of amides is 2. The van der Waals surface area contributed by atoms with Crippen molar-refractivity contribution in [2.75, 3.05) is 0 Å². The summed E-state index contributed by atoms with van der Waals surface area (Å²) >= 11 is 0. The van der Waals surface area contributed by atoms with Crippen molar-refractivity contribution < 1.29 is 34.9 Å². The van der Waals surface area contributed by atoms with Gasteiger partial charge in [0, 0.05) is 10.8 Å². The maximum atomic E-state index is 12.2. The van der Waals surface area contributed by atoms with Crippen LogP contribution in [-0.4, -0.2) is 33.2 Å². The maximum absolute atomic E-state index is 12.2. The third kappa shape index (κ3) is 7.17. The van der Waals surface area contributed by atoms with Crippen molar-refractivity contribution in [3.8, 4) is 0 Å². The molecule has 4 aromatic heterocycles. The van der Waals surface area contributed by atoms with E-state index in [0.717, 1.165) is 32.8 Å². The number of rotatable bonds is 6. The van der Waals surface area contributed by atoms with Gasteiger partial charge in [-0.05, 0) is 71.8 Å². The Morgan fingerprint density at radius 1 is 0.592 bits per heavy atom. The zero-order chi connectivity index (χ0) is 33.0.